The van der Waals surface area contributed by atoms with Crippen molar-refractivity contribution in [3.05, 3.63) is 35.6 Å². The van der Waals surface area contributed by atoms with Gasteiger partial charge in [0, 0.05) is 25.2 Å². The van der Waals surface area contributed by atoms with Gasteiger partial charge in [0.25, 0.3) is 0 Å². The van der Waals surface area contributed by atoms with Crippen LogP contribution in [0.1, 0.15) is 5.56 Å². The van der Waals surface area contributed by atoms with Crippen LogP contribution in [0.2, 0.25) is 0 Å². The molecule has 0 atom stereocenters. The molecule has 1 heterocycles. The van der Waals surface area contributed by atoms with Crippen molar-refractivity contribution in [1.82, 2.24) is 10.2 Å². The SMILES string of the molecule is O=C(NCc1ccccc1F)N1CCOCC1. The van der Waals surface area contributed by atoms with Gasteiger partial charge in [-0.15, -0.1) is 0 Å². The second-order valence-electron chi connectivity index (χ2n) is 3.85. The molecule has 1 fully saturated rings. The molecular formula is C12H15FN2O2. The summed E-state index contributed by atoms with van der Waals surface area (Å²) in [5, 5.41) is 2.70. The summed E-state index contributed by atoms with van der Waals surface area (Å²) in [6, 6.07) is 6.25. The summed E-state index contributed by atoms with van der Waals surface area (Å²) in [5.74, 6) is -0.297. The van der Waals surface area contributed by atoms with Crippen LogP contribution in [0.15, 0.2) is 24.3 Å². The maximum absolute atomic E-state index is 13.3. The Labute approximate surface area is 99.4 Å². The molecule has 4 nitrogen and oxygen atoms in total. The van der Waals surface area contributed by atoms with E-state index in [1.807, 2.05) is 0 Å². The molecule has 2 rings (SSSR count). The highest BCUT2D eigenvalue weighted by atomic mass is 19.1. The number of urea groups is 1. The molecule has 0 saturated carbocycles. The summed E-state index contributed by atoms with van der Waals surface area (Å²) in [7, 11) is 0. The predicted molar refractivity (Wildman–Crippen MR) is 61.0 cm³/mol. The quantitative estimate of drug-likeness (QED) is 0.845. The molecule has 1 aliphatic rings. The maximum Gasteiger partial charge on any atom is 0.317 e. The Morgan fingerprint density at radius 1 is 1.35 bits per heavy atom. The molecule has 1 aliphatic heterocycles. The van der Waals surface area contributed by atoms with Gasteiger partial charge in [0.05, 0.1) is 13.2 Å². The van der Waals surface area contributed by atoms with Gasteiger partial charge >= 0.3 is 6.03 Å². The van der Waals surface area contributed by atoms with Gasteiger partial charge in [-0.25, -0.2) is 9.18 Å². The van der Waals surface area contributed by atoms with Gasteiger partial charge in [0.1, 0.15) is 5.82 Å². The molecule has 17 heavy (non-hydrogen) atoms. The molecule has 1 aromatic rings. The van der Waals surface area contributed by atoms with Crippen molar-refractivity contribution in [3.8, 4) is 0 Å². The van der Waals surface area contributed by atoms with Gasteiger partial charge in [0.15, 0.2) is 0 Å². The van der Waals surface area contributed by atoms with Crippen LogP contribution in [0.3, 0.4) is 0 Å². The third-order valence-electron chi connectivity index (χ3n) is 2.69. The number of carbonyl (C=O) groups excluding carboxylic acids is 1. The van der Waals surface area contributed by atoms with E-state index in [4.69, 9.17) is 4.74 Å². The minimum Gasteiger partial charge on any atom is -0.378 e. The van der Waals surface area contributed by atoms with Crippen LogP contribution in [0.5, 0.6) is 0 Å². The molecule has 92 valence electrons. The summed E-state index contributed by atoms with van der Waals surface area (Å²) in [4.78, 5) is 13.4. The normalized spacial score (nSPS) is 15.7. The zero-order valence-corrected chi connectivity index (χ0v) is 9.49. The average molecular weight is 238 g/mol. The Bertz CT molecular complexity index is 392. The van der Waals surface area contributed by atoms with Gasteiger partial charge in [-0.05, 0) is 6.07 Å². The van der Waals surface area contributed by atoms with Gasteiger partial charge in [-0.3, -0.25) is 0 Å². The smallest absolute Gasteiger partial charge is 0.317 e. The Balaban J connectivity index is 1.85. The molecule has 0 radical (unpaired) electrons. The second-order valence-corrected chi connectivity index (χ2v) is 3.85. The maximum atomic E-state index is 13.3. The third-order valence-corrected chi connectivity index (χ3v) is 2.69. The summed E-state index contributed by atoms with van der Waals surface area (Å²) >= 11 is 0. The standard InChI is InChI=1S/C12H15FN2O2/c13-11-4-2-1-3-10(11)9-14-12(16)15-5-7-17-8-6-15/h1-4H,5-9H2,(H,14,16). The van der Waals surface area contributed by atoms with E-state index >= 15 is 0 Å². The first kappa shape index (κ1) is 11.9. The van der Waals surface area contributed by atoms with E-state index in [1.165, 1.54) is 6.07 Å². The zero-order chi connectivity index (χ0) is 12.1. The lowest BCUT2D eigenvalue weighted by Gasteiger charge is -2.26. The van der Waals surface area contributed by atoms with Crippen LogP contribution in [0.25, 0.3) is 0 Å². The Morgan fingerprint density at radius 3 is 2.76 bits per heavy atom. The van der Waals surface area contributed by atoms with Crippen molar-refractivity contribution < 1.29 is 13.9 Å². The minimum atomic E-state index is -0.297. The van der Waals surface area contributed by atoms with Crippen LogP contribution in [0.4, 0.5) is 9.18 Å². The fourth-order valence-electron chi connectivity index (χ4n) is 1.69. The lowest BCUT2D eigenvalue weighted by atomic mass is 10.2. The van der Waals surface area contributed by atoms with Crippen LogP contribution in [0, 0.1) is 5.82 Å². The lowest BCUT2D eigenvalue weighted by Crippen LogP contribution is -2.45. The first-order valence-corrected chi connectivity index (χ1v) is 5.61. The molecule has 0 unspecified atom stereocenters. The third kappa shape index (κ3) is 3.17. The lowest BCUT2D eigenvalue weighted by molar-refractivity contribution is 0.0531. The van der Waals surface area contributed by atoms with E-state index in [-0.39, 0.29) is 18.4 Å². The monoisotopic (exact) mass is 238 g/mol. The van der Waals surface area contributed by atoms with E-state index in [9.17, 15) is 9.18 Å². The Kier molecular flexibility index (Phi) is 3.93. The number of nitrogens with one attached hydrogen (secondary N) is 1. The molecule has 2 amide bonds. The molecule has 5 heteroatoms. The highest BCUT2D eigenvalue weighted by molar-refractivity contribution is 5.74. The molecule has 1 N–H and O–H groups in total. The molecule has 0 bridgehead atoms. The summed E-state index contributed by atoms with van der Waals surface area (Å²) in [6.45, 7) is 2.51. The molecule has 1 aromatic carbocycles. The van der Waals surface area contributed by atoms with Crippen molar-refractivity contribution >= 4 is 6.03 Å². The topological polar surface area (TPSA) is 41.6 Å². The van der Waals surface area contributed by atoms with Crippen molar-refractivity contribution in [3.63, 3.8) is 0 Å². The molecule has 1 saturated heterocycles. The Morgan fingerprint density at radius 2 is 2.06 bits per heavy atom. The van der Waals surface area contributed by atoms with E-state index < -0.39 is 0 Å². The number of amides is 2. The van der Waals surface area contributed by atoms with Crippen molar-refractivity contribution in [2.45, 2.75) is 6.54 Å². The van der Waals surface area contributed by atoms with Crippen LogP contribution < -0.4 is 5.32 Å². The first-order chi connectivity index (χ1) is 8.27. The van der Waals surface area contributed by atoms with E-state index in [1.54, 1.807) is 23.1 Å². The number of ether oxygens (including phenoxy) is 1. The van der Waals surface area contributed by atoms with Crippen molar-refractivity contribution in [2.75, 3.05) is 26.3 Å². The average Bonchev–Trinajstić information content (AvgIpc) is 2.38. The highest BCUT2D eigenvalue weighted by Crippen LogP contribution is 2.06. The van der Waals surface area contributed by atoms with Gasteiger partial charge in [-0.1, -0.05) is 18.2 Å². The van der Waals surface area contributed by atoms with Crippen LogP contribution in [-0.2, 0) is 11.3 Å². The van der Waals surface area contributed by atoms with Gasteiger partial charge < -0.3 is 15.0 Å². The van der Waals surface area contributed by atoms with Crippen molar-refractivity contribution in [2.24, 2.45) is 0 Å². The van der Waals surface area contributed by atoms with E-state index in [0.717, 1.165) is 0 Å². The number of benzene rings is 1. The number of carbonyl (C=O) groups is 1. The molecular weight excluding hydrogens is 223 g/mol. The highest BCUT2D eigenvalue weighted by Gasteiger charge is 2.16. The minimum absolute atomic E-state index is 0.170. The second kappa shape index (κ2) is 5.63. The Hall–Kier alpha value is -1.62. The van der Waals surface area contributed by atoms with Crippen LogP contribution >= 0.6 is 0 Å². The number of hydrogen-bond acceptors (Lipinski definition) is 2. The summed E-state index contributed by atoms with van der Waals surface area (Å²) in [6.07, 6.45) is 0. The van der Waals surface area contributed by atoms with Crippen LogP contribution in [-0.4, -0.2) is 37.2 Å². The number of nitrogens with zero attached hydrogens (tertiary/aromatic N) is 1. The molecule has 0 spiro atoms. The van der Waals surface area contributed by atoms with E-state index in [0.29, 0.717) is 31.9 Å². The fourth-order valence-corrected chi connectivity index (χ4v) is 1.69. The number of rotatable bonds is 2. The zero-order valence-electron chi connectivity index (χ0n) is 9.49. The number of hydrogen-bond donors (Lipinski definition) is 1. The largest absolute Gasteiger partial charge is 0.378 e. The predicted octanol–water partition coefficient (Wildman–Crippen LogP) is 1.37. The summed E-state index contributed by atoms with van der Waals surface area (Å²) in [5.41, 5.74) is 0.495. The fraction of sp³-hybridized carbons (Fsp3) is 0.417. The first-order valence-electron chi connectivity index (χ1n) is 5.61. The van der Waals surface area contributed by atoms with Crippen molar-refractivity contribution in [1.29, 1.82) is 0 Å². The summed E-state index contributed by atoms with van der Waals surface area (Å²) < 4.78 is 18.4. The van der Waals surface area contributed by atoms with Gasteiger partial charge in [-0.2, -0.15) is 0 Å². The number of halogens is 1. The molecule has 0 aliphatic carbocycles. The molecule has 0 aromatic heterocycles. The van der Waals surface area contributed by atoms with Gasteiger partial charge in [0.2, 0.25) is 0 Å². The number of morpholine rings is 1. The van der Waals surface area contributed by atoms with E-state index in [2.05, 4.69) is 5.32 Å².